The monoisotopic (exact) mass is 282 g/mol. The quantitative estimate of drug-likeness (QED) is 0.833. The van der Waals surface area contributed by atoms with Crippen LogP contribution in [0.5, 0.6) is 0 Å². The summed E-state index contributed by atoms with van der Waals surface area (Å²) < 4.78 is 0. The van der Waals surface area contributed by atoms with E-state index in [1.807, 2.05) is 4.90 Å². The molecule has 2 rings (SSSR count). The topological polar surface area (TPSA) is 69.6 Å². The van der Waals surface area contributed by atoms with Crippen LogP contribution in [0.1, 0.15) is 64.7 Å². The van der Waals surface area contributed by atoms with Gasteiger partial charge in [0.1, 0.15) is 0 Å². The molecule has 1 aliphatic heterocycles. The average molecular weight is 282 g/mol. The first-order valence-corrected chi connectivity index (χ1v) is 7.87. The van der Waals surface area contributed by atoms with Gasteiger partial charge in [0.25, 0.3) is 0 Å². The Balaban J connectivity index is 2.03. The predicted molar refractivity (Wildman–Crippen MR) is 76.6 cm³/mol. The van der Waals surface area contributed by atoms with Crippen molar-refractivity contribution in [3.05, 3.63) is 0 Å². The van der Waals surface area contributed by atoms with Gasteiger partial charge in [0.2, 0.25) is 0 Å². The van der Waals surface area contributed by atoms with E-state index in [-0.39, 0.29) is 12.5 Å². The minimum absolute atomic E-state index is 0.0450. The summed E-state index contributed by atoms with van der Waals surface area (Å²) in [5.74, 6) is -0.819. The Morgan fingerprint density at radius 3 is 2.55 bits per heavy atom. The van der Waals surface area contributed by atoms with Crippen LogP contribution in [-0.4, -0.2) is 40.1 Å². The summed E-state index contributed by atoms with van der Waals surface area (Å²) in [5, 5.41) is 12.2. The third-order valence-electron chi connectivity index (χ3n) is 4.78. The first-order valence-electron chi connectivity index (χ1n) is 7.87. The lowest BCUT2D eigenvalue weighted by Gasteiger charge is -2.39. The van der Waals surface area contributed by atoms with E-state index in [0.29, 0.717) is 6.04 Å². The van der Waals surface area contributed by atoms with Crippen molar-refractivity contribution in [3.63, 3.8) is 0 Å². The van der Waals surface area contributed by atoms with Crippen LogP contribution in [0.25, 0.3) is 0 Å². The van der Waals surface area contributed by atoms with E-state index in [1.165, 1.54) is 0 Å². The smallest absolute Gasteiger partial charge is 0.318 e. The fraction of sp³-hybridized carbons (Fsp3) is 0.867. The molecule has 1 atom stereocenters. The van der Waals surface area contributed by atoms with Crippen molar-refractivity contribution in [1.82, 2.24) is 10.2 Å². The maximum Gasteiger partial charge on any atom is 0.318 e. The molecule has 20 heavy (non-hydrogen) atoms. The lowest BCUT2D eigenvalue weighted by Crippen LogP contribution is -2.56. The highest BCUT2D eigenvalue weighted by Crippen LogP contribution is 2.32. The Hall–Kier alpha value is -1.26. The van der Waals surface area contributed by atoms with Crippen LogP contribution in [0.2, 0.25) is 0 Å². The molecule has 0 bridgehead atoms. The van der Waals surface area contributed by atoms with Gasteiger partial charge in [-0.15, -0.1) is 0 Å². The number of carbonyl (C=O) groups excluding carboxylic acids is 1. The van der Waals surface area contributed by atoms with Crippen molar-refractivity contribution in [2.75, 3.05) is 6.54 Å². The maximum absolute atomic E-state index is 12.5. The number of likely N-dealkylation sites (tertiary alicyclic amines) is 1. The van der Waals surface area contributed by atoms with Gasteiger partial charge in [0, 0.05) is 12.6 Å². The molecule has 1 saturated heterocycles. The second-order valence-electron chi connectivity index (χ2n) is 6.24. The van der Waals surface area contributed by atoms with Gasteiger partial charge in [-0.25, -0.2) is 4.79 Å². The van der Waals surface area contributed by atoms with Crippen LogP contribution in [0.15, 0.2) is 0 Å². The largest absolute Gasteiger partial charge is 0.481 e. The maximum atomic E-state index is 12.5. The van der Waals surface area contributed by atoms with E-state index in [0.717, 1.165) is 57.9 Å². The Morgan fingerprint density at radius 2 is 1.95 bits per heavy atom. The summed E-state index contributed by atoms with van der Waals surface area (Å²) in [6, 6.07) is 0.262. The summed E-state index contributed by atoms with van der Waals surface area (Å²) in [7, 11) is 0. The molecule has 5 heteroatoms. The van der Waals surface area contributed by atoms with Gasteiger partial charge in [-0.2, -0.15) is 0 Å². The summed E-state index contributed by atoms with van der Waals surface area (Å²) in [5.41, 5.74) is -0.526. The molecule has 1 heterocycles. The second kappa shape index (κ2) is 6.46. The molecular weight excluding hydrogens is 256 g/mol. The number of carbonyl (C=O) groups is 2. The minimum Gasteiger partial charge on any atom is -0.481 e. The van der Waals surface area contributed by atoms with Gasteiger partial charge in [-0.05, 0) is 32.1 Å². The molecule has 0 radical (unpaired) electrons. The Morgan fingerprint density at radius 1 is 1.25 bits per heavy atom. The summed E-state index contributed by atoms with van der Waals surface area (Å²) in [6.07, 6.45) is 7.86. The zero-order valence-electron chi connectivity index (χ0n) is 12.4. The van der Waals surface area contributed by atoms with Gasteiger partial charge >= 0.3 is 12.0 Å². The highest BCUT2D eigenvalue weighted by Gasteiger charge is 2.38. The van der Waals surface area contributed by atoms with E-state index in [4.69, 9.17) is 5.11 Å². The van der Waals surface area contributed by atoms with Crippen LogP contribution in [0.3, 0.4) is 0 Å². The molecule has 0 spiro atoms. The van der Waals surface area contributed by atoms with Crippen molar-refractivity contribution in [3.8, 4) is 0 Å². The van der Waals surface area contributed by atoms with Crippen LogP contribution in [0, 0.1) is 0 Å². The summed E-state index contributed by atoms with van der Waals surface area (Å²) in [6.45, 7) is 2.90. The number of nitrogens with one attached hydrogen (secondary N) is 1. The molecule has 2 amide bonds. The third-order valence-corrected chi connectivity index (χ3v) is 4.78. The predicted octanol–water partition coefficient (Wildman–Crippen LogP) is 2.75. The molecule has 2 N–H and O–H groups in total. The number of urea groups is 1. The Labute approximate surface area is 120 Å². The molecule has 1 aliphatic carbocycles. The molecule has 1 saturated carbocycles. The molecule has 114 valence electrons. The van der Waals surface area contributed by atoms with Crippen molar-refractivity contribution in [2.45, 2.75) is 76.3 Å². The zero-order valence-corrected chi connectivity index (χ0v) is 12.4. The SMILES string of the molecule is CCC1CCCN1C(=O)NC1(CC(=O)O)CCCCC1. The number of carboxylic acid groups (broad SMARTS) is 1. The first-order chi connectivity index (χ1) is 9.56. The number of hydrogen-bond acceptors (Lipinski definition) is 2. The van der Waals surface area contributed by atoms with Crippen molar-refractivity contribution in [2.24, 2.45) is 0 Å². The highest BCUT2D eigenvalue weighted by atomic mass is 16.4. The van der Waals surface area contributed by atoms with Gasteiger partial charge in [0.15, 0.2) is 0 Å². The van der Waals surface area contributed by atoms with Crippen molar-refractivity contribution in [1.29, 1.82) is 0 Å². The molecular formula is C15H26N2O3. The standard InChI is InChI=1S/C15H26N2O3/c1-2-12-7-6-10-17(12)14(20)16-15(11-13(18)19)8-4-3-5-9-15/h12H,2-11H2,1H3,(H,16,20)(H,18,19). The number of nitrogens with zero attached hydrogens (tertiary/aromatic N) is 1. The number of rotatable bonds is 4. The average Bonchev–Trinajstić information content (AvgIpc) is 2.87. The Kier molecular flexibility index (Phi) is 4.89. The molecule has 1 unspecified atom stereocenters. The number of amides is 2. The van der Waals surface area contributed by atoms with Crippen LogP contribution >= 0.6 is 0 Å². The lowest BCUT2D eigenvalue weighted by molar-refractivity contribution is -0.139. The van der Waals surface area contributed by atoms with E-state index < -0.39 is 11.5 Å². The van der Waals surface area contributed by atoms with Crippen LogP contribution < -0.4 is 5.32 Å². The number of carboxylic acids is 1. The summed E-state index contributed by atoms with van der Waals surface area (Å²) in [4.78, 5) is 25.5. The van der Waals surface area contributed by atoms with Crippen molar-refractivity contribution < 1.29 is 14.7 Å². The van der Waals surface area contributed by atoms with Crippen LogP contribution in [-0.2, 0) is 4.79 Å². The van der Waals surface area contributed by atoms with E-state index in [1.54, 1.807) is 0 Å². The second-order valence-corrected chi connectivity index (χ2v) is 6.24. The normalized spacial score (nSPS) is 25.4. The third kappa shape index (κ3) is 3.44. The zero-order chi connectivity index (χ0) is 14.6. The minimum atomic E-state index is -0.819. The van der Waals surface area contributed by atoms with E-state index in [2.05, 4.69) is 12.2 Å². The van der Waals surface area contributed by atoms with Gasteiger partial charge in [0.05, 0.1) is 12.0 Å². The number of aliphatic carboxylic acids is 1. The fourth-order valence-corrected chi connectivity index (χ4v) is 3.69. The first kappa shape index (κ1) is 15.1. The number of hydrogen-bond donors (Lipinski definition) is 2. The van der Waals surface area contributed by atoms with Gasteiger partial charge < -0.3 is 15.3 Å². The highest BCUT2D eigenvalue weighted by molar-refractivity contribution is 5.77. The molecule has 2 fully saturated rings. The fourth-order valence-electron chi connectivity index (χ4n) is 3.69. The molecule has 2 aliphatic rings. The van der Waals surface area contributed by atoms with Gasteiger partial charge in [-0.1, -0.05) is 26.2 Å². The molecule has 0 aromatic rings. The molecule has 5 nitrogen and oxygen atoms in total. The van der Waals surface area contributed by atoms with E-state index >= 15 is 0 Å². The van der Waals surface area contributed by atoms with E-state index in [9.17, 15) is 9.59 Å². The van der Waals surface area contributed by atoms with Crippen molar-refractivity contribution >= 4 is 12.0 Å². The van der Waals surface area contributed by atoms with Gasteiger partial charge in [-0.3, -0.25) is 4.79 Å². The molecule has 0 aromatic heterocycles. The Bertz CT molecular complexity index is 364. The summed E-state index contributed by atoms with van der Waals surface area (Å²) >= 11 is 0. The lowest BCUT2D eigenvalue weighted by atomic mass is 9.79. The molecule has 0 aromatic carbocycles. The van der Waals surface area contributed by atoms with Crippen LogP contribution in [0.4, 0.5) is 4.79 Å².